The first-order chi connectivity index (χ1) is 9.10. The van der Waals surface area contributed by atoms with Crippen LogP contribution in [-0.2, 0) is 0 Å². The van der Waals surface area contributed by atoms with E-state index in [1.165, 1.54) is 27.3 Å². The van der Waals surface area contributed by atoms with Gasteiger partial charge in [-0.1, -0.05) is 28.9 Å². The zero-order valence-corrected chi connectivity index (χ0v) is 14.1. The number of benzene rings is 1. The van der Waals surface area contributed by atoms with Crippen molar-refractivity contribution < 1.29 is 0 Å². The summed E-state index contributed by atoms with van der Waals surface area (Å²) in [5, 5.41) is 3.54. The van der Waals surface area contributed by atoms with Crippen LogP contribution in [0.25, 0.3) is 10.4 Å². The van der Waals surface area contributed by atoms with E-state index in [9.17, 15) is 0 Å². The van der Waals surface area contributed by atoms with E-state index in [1.807, 2.05) is 11.3 Å². The highest BCUT2D eigenvalue weighted by atomic mass is 79.9. The van der Waals surface area contributed by atoms with Gasteiger partial charge in [0.2, 0.25) is 0 Å². The van der Waals surface area contributed by atoms with Gasteiger partial charge in [0.1, 0.15) is 0 Å². The van der Waals surface area contributed by atoms with Crippen LogP contribution in [0.1, 0.15) is 36.8 Å². The van der Waals surface area contributed by atoms with Crippen LogP contribution in [0.3, 0.4) is 0 Å². The number of hydrogen-bond acceptors (Lipinski definition) is 2. The molecule has 1 N–H and O–H groups in total. The van der Waals surface area contributed by atoms with E-state index in [0.717, 1.165) is 11.0 Å². The zero-order valence-electron chi connectivity index (χ0n) is 11.7. The van der Waals surface area contributed by atoms with Gasteiger partial charge in [-0.2, -0.15) is 0 Å². The van der Waals surface area contributed by atoms with Crippen molar-refractivity contribution in [3.05, 3.63) is 45.2 Å². The number of halogens is 1. The topological polar surface area (TPSA) is 12.0 Å². The normalized spacial score (nSPS) is 12.6. The molecule has 2 rings (SSSR count). The average Bonchev–Trinajstić information content (AvgIpc) is 2.84. The fourth-order valence-corrected chi connectivity index (χ4v) is 3.71. The molecule has 0 aliphatic carbocycles. The highest BCUT2D eigenvalue weighted by Crippen LogP contribution is 2.33. The highest BCUT2D eigenvalue weighted by Gasteiger charge is 2.09. The first-order valence-electron chi connectivity index (χ1n) is 6.71. The Morgan fingerprint density at radius 1 is 1.26 bits per heavy atom. The Balaban J connectivity index is 2.20. The summed E-state index contributed by atoms with van der Waals surface area (Å²) < 4.78 is 1.15. The molecule has 1 atom stereocenters. The molecular formula is C16H20BrNS. The Morgan fingerprint density at radius 2 is 2.05 bits per heavy atom. The maximum absolute atomic E-state index is 3.57. The Bertz CT molecular complexity index is 527. The highest BCUT2D eigenvalue weighted by molar-refractivity contribution is 9.10. The van der Waals surface area contributed by atoms with Crippen LogP contribution in [0.4, 0.5) is 0 Å². The van der Waals surface area contributed by atoms with Gasteiger partial charge in [0.05, 0.1) is 0 Å². The molecule has 19 heavy (non-hydrogen) atoms. The fraction of sp³-hybridized carbons (Fsp3) is 0.375. The molecule has 1 heterocycles. The number of rotatable bonds is 5. The summed E-state index contributed by atoms with van der Waals surface area (Å²) in [5.74, 6) is 0. The van der Waals surface area contributed by atoms with Gasteiger partial charge in [-0.3, -0.25) is 0 Å². The van der Waals surface area contributed by atoms with Gasteiger partial charge >= 0.3 is 0 Å². The van der Waals surface area contributed by atoms with E-state index in [0.29, 0.717) is 6.04 Å². The predicted octanol–water partition coefficient (Wildman–Crippen LogP) is 5.55. The lowest BCUT2D eigenvalue weighted by molar-refractivity contribution is 0.578. The van der Waals surface area contributed by atoms with Gasteiger partial charge in [-0.15, -0.1) is 11.3 Å². The SMILES string of the molecule is CCCNC(C)c1ccc(-c2cc(C)cc(Br)c2)s1. The number of nitrogens with one attached hydrogen (secondary N) is 1. The first kappa shape index (κ1) is 14.8. The van der Waals surface area contributed by atoms with Crippen LogP contribution in [-0.4, -0.2) is 6.54 Å². The summed E-state index contributed by atoms with van der Waals surface area (Å²) in [6.07, 6.45) is 1.17. The van der Waals surface area contributed by atoms with Gasteiger partial charge in [-0.05, 0) is 62.2 Å². The van der Waals surface area contributed by atoms with Crippen LogP contribution >= 0.6 is 27.3 Å². The Labute approximate surface area is 128 Å². The minimum Gasteiger partial charge on any atom is -0.309 e. The van der Waals surface area contributed by atoms with Crippen molar-refractivity contribution in [1.29, 1.82) is 0 Å². The van der Waals surface area contributed by atoms with Gasteiger partial charge in [0, 0.05) is 20.3 Å². The lowest BCUT2D eigenvalue weighted by Crippen LogP contribution is -2.18. The monoisotopic (exact) mass is 337 g/mol. The van der Waals surface area contributed by atoms with Crippen molar-refractivity contribution in [2.75, 3.05) is 6.54 Å². The molecule has 0 saturated carbocycles. The number of aryl methyl sites for hydroxylation is 1. The van der Waals surface area contributed by atoms with E-state index in [2.05, 4.69) is 72.3 Å². The third-order valence-electron chi connectivity index (χ3n) is 3.08. The molecule has 0 bridgehead atoms. The Morgan fingerprint density at radius 3 is 2.74 bits per heavy atom. The smallest absolute Gasteiger partial charge is 0.0386 e. The molecule has 1 aromatic carbocycles. The largest absolute Gasteiger partial charge is 0.309 e. The van der Waals surface area contributed by atoms with Crippen LogP contribution < -0.4 is 5.32 Å². The molecule has 0 spiro atoms. The van der Waals surface area contributed by atoms with Crippen LogP contribution in [0.15, 0.2) is 34.8 Å². The molecule has 3 heteroatoms. The first-order valence-corrected chi connectivity index (χ1v) is 8.31. The minimum atomic E-state index is 0.437. The molecule has 2 aromatic rings. The maximum Gasteiger partial charge on any atom is 0.0386 e. The standard InChI is InChI=1S/C16H20BrNS/c1-4-7-18-12(3)15-5-6-16(19-15)13-8-11(2)9-14(17)10-13/h5-6,8-10,12,18H,4,7H2,1-3H3. The zero-order chi connectivity index (χ0) is 13.8. The summed E-state index contributed by atoms with van der Waals surface area (Å²) in [4.78, 5) is 2.74. The van der Waals surface area contributed by atoms with Gasteiger partial charge in [0.15, 0.2) is 0 Å². The predicted molar refractivity (Wildman–Crippen MR) is 88.9 cm³/mol. The van der Waals surface area contributed by atoms with E-state index >= 15 is 0 Å². The second kappa shape index (κ2) is 6.69. The third kappa shape index (κ3) is 3.91. The second-order valence-corrected chi connectivity index (χ2v) is 6.93. The molecular weight excluding hydrogens is 318 g/mol. The average molecular weight is 338 g/mol. The van der Waals surface area contributed by atoms with Crippen molar-refractivity contribution in [2.45, 2.75) is 33.2 Å². The van der Waals surface area contributed by atoms with Crippen LogP contribution in [0.2, 0.25) is 0 Å². The summed E-state index contributed by atoms with van der Waals surface area (Å²) in [6.45, 7) is 7.64. The lowest BCUT2D eigenvalue weighted by atomic mass is 10.1. The Hall–Kier alpha value is -0.640. The summed E-state index contributed by atoms with van der Waals surface area (Å²) in [7, 11) is 0. The van der Waals surface area contributed by atoms with Crippen LogP contribution in [0.5, 0.6) is 0 Å². The quantitative estimate of drug-likeness (QED) is 0.754. The number of thiophene rings is 1. The van der Waals surface area contributed by atoms with Gasteiger partial charge in [-0.25, -0.2) is 0 Å². The Kier molecular flexibility index (Phi) is 5.20. The molecule has 0 fully saturated rings. The molecule has 0 aliphatic rings. The van der Waals surface area contributed by atoms with Crippen molar-refractivity contribution in [1.82, 2.24) is 5.32 Å². The van der Waals surface area contributed by atoms with Gasteiger partial charge in [0.25, 0.3) is 0 Å². The minimum absolute atomic E-state index is 0.437. The summed E-state index contributed by atoms with van der Waals surface area (Å²) in [5.41, 5.74) is 2.59. The van der Waals surface area contributed by atoms with Gasteiger partial charge < -0.3 is 5.32 Å². The molecule has 1 nitrogen and oxygen atoms in total. The number of hydrogen-bond donors (Lipinski definition) is 1. The van der Waals surface area contributed by atoms with Crippen LogP contribution in [0, 0.1) is 6.92 Å². The van der Waals surface area contributed by atoms with Crippen molar-refractivity contribution >= 4 is 27.3 Å². The van der Waals surface area contributed by atoms with Crippen molar-refractivity contribution in [3.63, 3.8) is 0 Å². The molecule has 0 radical (unpaired) electrons. The fourth-order valence-electron chi connectivity index (χ4n) is 2.08. The molecule has 0 aliphatic heterocycles. The molecule has 1 unspecified atom stereocenters. The van der Waals surface area contributed by atoms with E-state index < -0.39 is 0 Å². The summed E-state index contributed by atoms with van der Waals surface area (Å²) in [6, 6.07) is 11.5. The molecule has 0 saturated heterocycles. The molecule has 0 amide bonds. The molecule has 1 aromatic heterocycles. The van der Waals surface area contributed by atoms with E-state index in [4.69, 9.17) is 0 Å². The third-order valence-corrected chi connectivity index (χ3v) is 4.86. The molecule has 102 valence electrons. The maximum atomic E-state index is 3.57. The van der Waals surface area contributed by atoms with E-state index in [-0.39, 0.29) is 0 Å². The van der Waals surface area contributed by atoms with Crippen molar-refractivity contribution in [3.8, 4) is 10.4 Å². The van der Waals surface area contributed by atoms with Crippen molar-refractivity contribution in [2.24, 2.45) is 0 Å². The lowest BCUT2D eigenvalue weighted by Gasteiger charge is -2.10. The summed E-state index contributed by atoms with van der Waals surface area (Å²) >= 11 is 5.45. The second-order valence-electron chi connectivity index (χ2n) is 4.90. The van der Waals surface area contributed by atoms with E-state index in [1.54, 1.807) is 0 Å².